The molecule has 2 rings (SSSR count). The molecule has 0 amide bonds. The summed E-state index contributed by atoms with van der Waals surface area (Å²) in [5, 5.41) is 14.2. The first-order valence-electron chi connectivity index (χ1n) is 7.09. The van der Waals surface area contributed by atoms with Gasteiger partial charge in [-0.3, -0.25) is 10.1 Å². The lowest BCUT2D eigenvalue weighted by Crippen LogP contribution is -2.07. The van der Waals surface area contributed by atoms with Crippen molar-refractivity contribution < 1.29 is 14.5 Å². The number of nitrogens with zero attached hydrogens (tertiary/aromatic N) is 1. The molecule has 0 saturated heterocycles. The van der Waals surface area contributed by atoms with Gasteiger partial charge in [-0.1, -0.05) is 23.8 Å². The van der Waals surface area contributed by atoms with E-state index in [1.165, 1.54) is 25.3 Å². The summed E-state index contributed by atoms with van der Waals surface area (Å²) in [4.78, 5) is 22.3. The van der Waals surface area contributed by atoms with Crippen molar-refractivity contribution in [3.8, 4) is 0 Å². The number of carbonyl (C=O) groups excluding carboxylic acids is 1. The SMILES string of the molecule is COC(=O)c1ccc([N+](=O)[O-])c(NCc2cc(C)ccc2C)c1. The molecule has 0 radical (unpaired) electrons. The minimum atomic E-state index is -0.533. The standard InChI is InChI=1S/C17H18N2O4/c1-11-4-5-12(2)14(8-11)10-18-15-9-13(17(20)23-3)6-7-16(15)19(21)22/h4-9,18H,10H2,1-3H3. The molecule has 6 nitrogen and oxygen atoms in total. The fourth-order valence-electron chi connectivity index (χ4n) is 2.26. The van der Waals surface area contributed by atoms with Crippen LogP contribution in [-0.4, -0.2) is 18.0 Å². The Kier molecular flexibility index (Phi) is 4.95. The lowest BCUT2D eigenvalue weighted by atomic mass is 10.1. The van der Waals surface area contributed by atoms with Crippen molar-refractivity contribution in [3.05, 3.63) is 68.8 Å². The van der Waals surface area contributed by atoms with E-state index in [-0.39, 0.29) is 11.3 Å². The number of esters is 1. The molecule has 2 aromatic carbocycles. The number of nitro benzene ring substituents is 1. The Hall–Kier alpha value is -2.89. The Morgan fingerprint density at radius 3 is 2.61 bits per heavy atom. The molecule has 0 aliphatic carbocycles. The van der Waals surface area contributed by atoms with E-state index >= 15 is 0 Å². The van der Waals surface area contributed by atoms with Gasteiger partial charge in [0.1, 0.15) is 5.69 Å². The molecule has 1 N–H and O–H groups in total. The van der Waals surface area contributed by atoms with Crippen molar-refractivity contribution in [3.63, 3.8) is 0 Å². The molecule has 0 atom stereocenters. The van der Waals surface area contributed by atoms with Gasteiger partial charge in [-0.2, -0.15) is 0 Å². The third-order valence-corrected chi connectivity index (χ3v) is 3.59. The Balaban J connectivity index is 2.31. The molecule has 0 heterocycles. The molecule has 23 heavy (non-hydrogen) atoms. The highest BCUT2D eigenvalue weighted by Crippen LogP contribution is 2.27. The molecule has 0 aromatic heterocycles. The second-order valence-electron chi connectivity index (χ2n) is 5.26. The zero-order chi connectivity index (χ0) is 17.0. The number of benzene rings is 2. The van der Waals surface area contributed by atoms with Crippen LogP contribution in [0.3, 0.4) is 0 Å². The van der Waals surface area contributed by atoms with Crippen molar-refractivity contribution in [1.29, 1.82) is 0 Å². The Morgan fingerprint density at radius 2 is 1.96 bits per heavy atom. The van der Waals surface area contributed by atoms with Crippen LogP contribution in [0.15, 0.2) is 36.4 Å². The minimum Gasteiger partial charge on any atom is -0.465 e. The maximum Gasteiger partial charge on any atom is 0.337 e. The number of aryl methyl sites for hydroxylation is 2. The quantitative estimate of drug-likeness (QED) is 0.518. The van der Waals surface area contributed by atoms with E-state index in [1.54, 1.807) is 0 Å². The minimum absolute atomic E-state index is 0.0806. The van der Waals surface area contributed by atoms with E-state index in [0.29, 0.717) is 12.2 Å². The average Bonchev–Trinajstić information content (AvgIpc) is 2.54. The molecule has 120 valence electrons. The molecule has 0 fully saturated rings. The average molecular weight is 314 g/mol. The predicted molar refractivity (Wildman–Crippen MR) is 87.7 cm³/mol. The molecule has 0 saturated carbocycles. The third-order valence-electron chi connectivity index (χ3n) is 3.59. The first-order valence-corrected chi connectivity index (χ1v) is 7.09. The normalized spacial score (nSPS) is 10.2. The van der Waals surface area contributed by atoms with Crippen LogP contribution in [0, 0.1) is 24.0 Å². The van der Waals surface area contributed by atoms with Gasteiger partial charge in [-0.05, 0) is 37.1 Å². The van der Waals surface area contributed by atoms with Crippen LogP contribution < -0.4 is 5.32 Å². The van der Waals surface area contributed by atoms with Crippen LogP contribution in [-0.2, 0) is 11.3 Å². The van der Waals surface area contributed by atoms with Gasteiger partial charge in [-0.15, -0.1) is 0 Å². The highest BCUT2D eigenvalue weighted by atomic mass is 16.6. The Bertz CT molecular complexity index is 756. The largest absolute Gasteiger partial charge is 0.465 e. The van der Waals surface area contributed by atoms with Crippen molar-refractivity contribution in [2.45, 2.75) is 20.4 Å². The monoisotopic (exact) mass is 314 g/mol. The molecule has 0 aliphatic rings. The maximum atomic E-state index is 11.6. The van der Waals surface area contributed by atoms with Crippen LogP contribution >= 0.6 is 0 Å². The molecular formula is C17H18N2O4. The number of hydrogen-bond acceptors (Lipinski definition) is 5. The Morgan fingerprint density at radius 1 is 1.22 bits per heavy atom. The Labute approximate surface area is 134 Å². The lowest BCUT2D eigenvalue weighted by Gasteiger charge is -2.11. The third kappa shape index (κ3) is 3.85. The van der Waals surface area contributed by atoms with Crippen LogP contribution in [0.4, 0.5) is 11.4 Å². The van der Waals surface area contributed by atoms with Crippen molar-refractivity contribution in [2.24, 2.45) is 0 Å². The van der Waals surface area contributed by atoms with Gasteiger partial charge in [0.15, 0.2) is 0 Å². The number of hydrogen-bond donors (Lipinski definition) is 1. The molecule has 0 spiro atoms. The van der Waals surface area contributed by atoms with Crippen LogP contribution in [0.5, 0.6) is 0 Å². The topological polar surface area (TPSA) is 81.5 Å². The maximum absolute atomic E-state index is 11.6. The number of carbonyl (C=O) groups is 1. The van der Waals surface area contributed by atoms with E-state index in [1.807, 2.05) is 32.0 Å². The molecular weight excluding hydrogens is 296 g/mol. The van der Waals surface area contributed by atoms with Gasteiger partial charge in [0.25, 0.3) is 5.69 Å². The van der Waals surface area contributed by atoms with E-state index in [9.17, 15) is 14.9 Å². The second kappa shape index (κ2) is 6.91. The summed E-state index contributed by atoms with van der Waals surface area (Å²) in [5.41, 5.74) is 3.73. The van der Waals surface area contributed by atoms with Gasteiger partial charge in [0.2, 0.25) is 0 Å². The van der Waals surface area contributed by atoms with Crippen LogP contribution in [0.2, 0.25) is 0 Å². The summed E-state index contributed by atoms with van der Waals surface area (Å²) < 4.78 is 4.65. The summed E-state index contributed by atoms with van der Waals surface area (Å²) >= 11 is 0. The summed E-state index contributed by atoms with van der Waals surface area (Å²) in [5.74, 6) is -0.533. The molecule has 2 aromatic rings. The smallest absolute Gasteiger partial charge is 0.337 e. The van der Waals surface area contributed by atoms with Crippen molar-refractivity contribution in [2.75, 3.05) is 12.4 Å². The predicted octanol–water partition coefficient (Wildman–Crippen LogP) is 3.61. The first-order chi connectivity index (χ1) is 10.9. The van der Waals surface area contributed by atoms with Crippen molar-refractivity contribution in [1.82, 2.24) is 0 Å². The van der Waals surface area contributed by atoms with Crippen molar-refractivity contribution >= 4 is 17.3 Å². The fraction of sp³-hybridized carbons (Fsp3) is 0.235. The highest BCUT2D eigenvalue weighted by molar-refractivity contribution is 5.91. The van der Waals surface area contributed by atoms with Gasteiger partial charge in [-0.25, -0.2) is 4.79 Å². The van der Waals surface area contributed by atoms with E-state index in [4.69, 9.17) is 0 Å². The number of rotatable bonds is 5. The molecule has 0 bridgehead atoms. The van der Waals surface area contributed by atoms with Crippen LogP contribution in [0.1, 0.15) is 27.0 Å². The molecule has 6 heteroatoms. The summed E-state index contributed by atoms with van der Waals surface area (Å²) in [6, 6.07) is 10.2. The second-order valence-corrected chi connectivity index (χ2v) is 5.26. The van der Waals surface area contributed by atoms with Gasteiger partial charge in [0.05, 0.1) is 17.6 Å². The highest BCUT2D eigenvalue weighted by Gasteiger charge is 2.17. The number of methoxy groups -OCH3 is 1. The van der Waals surface area contributed by atoms with E-state index in [2.05, 4.69) is 10.1 Å². The fourth-order valence-corrected chi connectivity index (χ4v) is 2.26. The number of anilines is 1. The lowest BCUT2D eigenvalue weighted by molar-refractivity contribution is -0.384. The zero-order valence-electron chi connectivity index (χ0n) is 13.3. The van der Waals surface area contributed by atoms with Gasteiger partial charge >= 0.3 is 5.97 Å². The van der Waals surface area contributed by atoms with Gasteiger partial charge in [0, 0.05) is 12.6 Å². The molecule has 0 aliphatic heterocycles. The number of ether oxygens (including phenoxy) is 1. The van der Waals surface area contributed by atoms with E-state index in [0.717, 1.165) is 16.7 Å². The molecule has 0 unspecified atom stereocenters. The first kappa shape index (κ1) is 16.5. The van der Waals surface area contributed by atoms with Crippen LogP contribution in [0.25, 0.3) is 0 Å². The van der Waals surface area contributed by atoms with E-state index < -0.39 is 10.9 Å². The number of nitro groups is 1. The summed E-state index contributed by atoms with van der Waals surface area (Å²) in [6.45, 7) is 4.40. The van der Waals surface area contributed by atoms with Gasteiger partial charge < -0.3 is 10.1 Å². The zero-order valence-corrected chi connectivity index (χ0v) is 13.3. The summed E-state index contributed by atoms with van der Waals surface area (Å²) in [7, 11) is 1.27. The summed E-state index contributed by atoms with van der Waals surface area (Å²) in [6.07, 6.45) is 0. The number of nitrogens with one attached hydrogen (secondary N) is 1.